The van der Waals surface area contributed by atoms with Crippen molar-refractivity contribution >= 4 is 30.0 Å². The predicted molar refractivity (Wildman–Crippen MR) is 91.5 cm³/mol. The Hall–Kier alpha value is -2.03. The van der Waals surface area contributed by atoms with Crippen LogP contribution in [0.25, 0.3) is 0 Å². The number of anilines is 1. The first kappa shape index (κ1) is 22.0. The maximum Gasteiger partial charge on any atom is 0.340 e. The van der Waals surface area contributed by atoms with Crippen molar-refractivity contribution in [2.45, 2.75) is 0 Å². The van der Waals surface area contributed by atoms with Gasteiger partial charge in [-0.25, -0.2) is 4.79 Å². The van der Waals surface area contributed by atoms with E-state index in [1.165, 1.54) is 33.5 Å². The largest absolute Gasteiger partial charge is 0.493 e. The minimum atomic E-state index is -0.589. The lowest BCUT2D eigenvalue weighted by Crippen LogP contribution is -2.30. The van der Waals surface area contributed by atoms with Crippen molar-refractivity contribution < 1.29 is 28.5 Å². The molecule has 1 aromatic carbocycles. The standard InChI is InChI=1S/C15H22N2O6.ClH/c1-20-6-5-16-9-14(18)17-11-8-13(22-3)12(21-2)7-10(11)15(19)23-4;/h7-8,16H,5-6,9H2,1-4H3,(H,17,18);1H. The van der Waals surface area contributed by atoms with Gasteiger partial charge in [0, 0.05) is 25.8 Å². The number of hydrogen-bond acceptors (Lipinski definition) is 7. The van der Waals surface area contributed by atoms with Crippen LogP contribution in [0, 0.1) is 0 Å². The maximum absolute atomic E-state index is 12.0. The quantitative estimate of drug-likeness (QED) is 0.501. The fraction of sp³-hybridized carbons (Fsp3) is 0.467. The topological polar surface area (TPSA) is 95.1 Å². The van der Waals surface area contributed by atoms with Crippen molar-refractivity contribution in [3.8, 4) is 11.5 Å². The van der Waals surface area contributed by atoms with Crippen LogP contribution in [0.4, 0.5) is 5.69 Å². The molecule has 0 saturated heterocycles. The van der Waals surface area contributed by atoms with E-state index in [1.54, 1.807) is 7.11 Å². The molecule has 0 aliphatic heterocycles. The summed E-state index contributed by atoms with van der Waals surface area (Å²) in [5.74, 6) is -0.140. The summed E-state index contributed by atoms with van der Waals surface area (Å²) in [6, 6.07) is 2.97. The highest BCUT2D eigenvalue weighted by Gasteiger charge is 2.18. The van der Waals surface area contributed by atoms with Crippen molar-refractivity contribution in [3.05, 3.63) is 17.7 Å². The van der Waals surface area contributed by atoms with Crippen LogP contribution in [0.3, 0.4) is 0 Å². The van der Waals surface area contributed by atoms with Crippen LogP contribution in [-0.2, 0) is 14.3 Å². The van der Waals surface area contributed by atoms with Crippen LogP contribution < -0.4 is 20.1 Å². The van der Waals surface area contributed by atoms with Crippen molar-refractivity contribution in [1.29, 1.82) is 0 Å². The Labute approximate surface area is 147 Å². The van der Waals surface area contributed by atoms with E-state index in [1.807, 2.05) is 0 Å². The van der Waals surface area contributed by atoms with Gasteiger partial charge in [-0.15, -0.1) is 12.4 Å². The third-order valence-corrected chi connectivity index (χ3v) is 2.97. The number of rotatable bonds is 9. The molecule has 0 unspecified atom stereocenters. The molecular formula is C15H23ClN2O6. The number of nitrogens with one attached hydrogen (secondary N) is 2. The molecule has 0 spiro atoms. The van der Waals surface area contributed by atoms with Crippen LogP contribution in [0.5, 0.6) is 11.5 Å². The van der Waals surface area contributed by atoms with Crippen molar-refractivity contribution in [1.82, 2.24) is 5.32 Å². The molecule has 9 heteroatoms. The van der Waals surface area contributed by atoms with Gasteiger partial charge in [0.05, 0.1) is 45.7 Å². The molecule has 1 amide bonds. The molecule has 0 aliphatic carbocycles. The summed E-state index contributed by atoms with van der Waals surface area (Å²) in [4.78, 5) is 23.8. The number of halogens is 1. The van der Waals surface area contributed by atoms with E-state index in [4.69, 9.17) is 18.9 Å². The maximum atomic E-state index is 12.0. The normalized spacial score (nSPS) is 9.67. The summed E-state index contributed by atoms with van der Waals surface area (Å²) < 4.78 is 19.9. The average molecular weight is 363 g/mol. The van der Waals surface area contributed by atoms with Crippen LogP contribution in [0.1, 0.15) is 10.4 Å². The van der Waals surface area contributed by atoms with Crippen molar-refractivity contribution in [2.24, 2.45) is 0 Å². The van der Waals surface area contributed by atoms with Crippen molar-refractivity contribution in [3.63, 3.8) is 0 Å². The number of hydrogen-bond donors (Lipinski definition) is 2. The molecule has 0 fully saturated rings. The lowest BCUT2D eigenvalue weighted by Gasteiger charge is -2.14. The van der Waals surface area contributed by atoms with Gasteiger partial charge in [0.15, 0.2) is 11.5 Å². The molecule has 0 bridgehead atoms. The Balaban J connectivity index is 0.00000529. The SMILES string of the molecule is COCCNCC(=O)Nc1cc(OC)c(OC)cc1C(=O)OC.Cl. The summed E-state index contributed by atoms with van der Waals surface area (Å²) >= 11 is 0. The minimum Gasteiger partial charge on any atom is -0.493 e. The van der Waals surface area contributed by atoms with E-state index < -0.39 is 5.97 Å². The second kappa shape index (κ2) is 11.5. The third kappa shape index (κ3) is 6.23. The molecule has 1 aromatic rings. The molecule has 0 atom stereocenters. The van der Waals surface area contributed by atoms with E-state index in [0.717, 1.165) is 0 Å². The van der Waals surface area contributed by atoms with E-state index in [9.17, 15) is 9.59 Å². The number of esters is 1. The van der Waals surface area contributed by atoms with Gasteiger partial charge < -0.3 is 29.6 Å². The van der Waals surface area contributed by atoms with Gasteiger partial charge in [0.25, 0.3) is 0 Å². The molecule has 0 radical (unpaired) electrons. The summed E-state index contributed by atoms with van der Waals surface area (Å²) in [7, 11) is 5.76. The molecule has 2 N–H and O–H groups in total. The van der Waals surface area contributed by atoms with Crippen molar-refractivity contribution in [2.75, 3.05) is 53.5 Å². The lowest BCUT2D eigenvalue weighted by atomic mass is 10.1. The molecule has 24 heavy (non-hydrogen) atoms. The van der Waals surface area contributed by atoms with Crippen LogP contribution >= 0.6 is 12.4 Å². The first-order valence-corrected chi connectivity index (χ1v) is 6.91. The van der Waals surface area contributed by atoms with E-state index in [2.05, 4.69) is 10.6 Å². The highest BCUT2D eigenvalue weighted by molar-refractivity contribution is 6.02. The Bertz CT molecular complexity index is 553. The van der Waals surface area contributed by atoms with Gasteiger partial charge in [-0.1, -0.05) is 0 Å². The number of carbonyl (C=O) groups excluding carboxylic acids is 2. The number of methoxy groups -OCH3 is 4. The molecule has 0 heterocycles. The van der Waals surface area contributed by atoms with E-state index in [0.29, 0.717) is 24.7 Å². The first-order valence-electron chi connectivity index (χ1n) is 6.91. The Morgan fingerprint density at radius 3 is 2.21 bits per heavy atom. The zero-order chi connectivity index (χ0) is 17.2. The van der Waals surface area contributed by atoms with Crippen LogP contribution in [0.2, 0.25) is 0 Å². The number of amides is 1. The lowest BCUT2D eigenvalue weighted by molar-refractivity contribution is -0.115. The summed E-state index contributed by atoms with van der Waals surface area (Å²) in [5.41, 5.74) is 0.462. The number of benzene rings is 1. The second-order valence-corrected chi connectivity index (χ2v) is 4.46. The number of ether oxygens (including phenoxy) is 4. The van der Waals surface area contributed by atoms with Gasteiger partial charge >= 0.3 is 5.97 Å². The minimum absolute atomic E-state index is 0. The zero-order valence-electron chi connectivity index (χ0n) is 14.1. The van der Waals surface area contributed by atoms with Gasteiger partial charge in [-0.2, -0.15) is 0 Å². The van der Waals surface area contributed by atoms with Crippen LogP contribution in [-0.4, -0.2) is 60.0 Å². The summed E-state index contributed by atoms with van der Waals surface area (Å²) in [6.07, 6.45) is 0. The fourth-order valence-corrected chi connectivity index (χ4v) is 1.83. The fourth-order valence-electron chi connectivity index (χ4n) is 1.83. The second-order valence-electron chi connectivity index (χ2n) is 4.46. The molecule has 136 valence electrons. The molecular weight excluding hydrogens is 340 g/mol. The third-order valence-electron chi connectivity index (χ3n) is 2.97. The van der Waals surface area contributed by atoms with E-state index in [-0.39, 0.29) is 36.1 Å². The van der Waals surface area contributed by atoms with Crippen LogP contribution in [0.15, 0.2) is 12.1 Å². The van der Waals surface area contributed by atoms with Gasteiger partial charge in [-0.3, -0.25) is 4.79 Å². The molecule has 0 aromatic heterocycles. The van der Waals surface area contributed by atoms with Gasteiger partial charge in [-0.05, 0) is 0 Å². The molecule has 1 rings (SSSR count). The first-order chi connectivity index (χ1) is 11.1. The van der Waals surface area contributed by atoms with E-state index >= 15 is 0 Å². The monoisotopic (exact) mass is 362 g/mol. The smallest absolute Gasteiger partial charge is 0.340 e. The molecule has 0 saturated carbocycles. The van der Waals surface area contributed by atoms with Gasteiger partial charge in [0.1, 0.15) is 0 Å². The number of carbonyl (C=O) groups is 2. The zero-order valence-corrected chi connectivity index (χ0v) is 15.0. The molecule has 0 aliphatic rings. The highest BCUT2D eigenvalue weighted by Crippen LogP contribution is 2.33. The molecule has 8 nitrogen and oxygen atoms in total. The Morgan fingerprint density at radius 1 is 1.04 bits per heavy atom. The summed E-state index contributed by atoms with van der Waals surface area (Å²) in [6.45, 7) is 1.12. The average Bonchev–Trinajstić information content (AvgIpc) is 2.57. The van der Waals surface area contributed by atoms with Gasteiger partial charge in [0.2, 0.25) is 5.91 Å². The predicted octanol–water partition coefficient (Wildman–Crippen LogP) is 1.09. The Morgan fingerprint density at radius 2 is 1.67 bits per heavy atom. The summed E-state index contributed by atoms with van der Waals surface area (Å²) in [5, 5.41) is 5.56. The Kier molecular flexibility index (Phi) is 10.5. The highest BCUT2D eigenvalue weighted by atomic mass is 35.5.